The van der Waals surface area contributed by atoms with Crippen molar-refractivity contribution in [2.24, 2.45) is 0 Å². The Labute approximate surface area is 154 Å². The number of benzene rings is 2. The first-order valence-corrected chi connectivity index (χ1v) is 10.4. The van der Waals surface area contributed by atoms with Crippen LogP contribution in [0.4, 0.5) is 11.4 Å². The van der Waals surface area contributed by atoms with Gasteiger partial charge in [-0.25, -0.2) is 0 Å². The van der Waals surface area contributed by atoms with E-state index in [0.717, 1.165) is 29.4 Å². The molecule has 0 N–H and O–H groups in total. The monoisotopic (exact) mass is 400 g/mol. The molecule has 0 atom stereocenters. The third-order valence-corrected chi connectivity index (χ3v) is 7.84. The van der Waals surface area contributed by atoms with Crippen molar-refractivity contribution in [3.8, 4) is 0 Å². The second kappa shape index (κ2) is 5.62. The van der Waals surface area contributed by atoms with E-state index in [1.54, 1.807) is 0 Å². The molecule has 1 aromatic heterocycles. The normalized spacial score (nSPS) is 16.3. The second-order valence-electron chi connectivity index (χ2n) is 7.93. The molecule has 0 saturated heterocycles. The molecule has 3 aromatic rings. The number of hydrogen-bond acceptors (Lipinski definition) is 3. The van der Waals surface area contributed by atoms with Crippen LogP contribution in [0.2, 0.25) is 0 Å². The standard InChI is InChI=1S/C21H24N2OSe/c1-21(2)8-9-23(5)17-12-19-15(11-16(17)21)20(24)14-7-6-13(22(3)4)10-18(14)25-19/h6-7,10-12H,8-9H2,1-5H3. The van der Waals surface area contributed by atoms with Crippen molar-refractivity contribution in [1.82, 2.24) is 0 Å². The van der Waals surface area contributed by atoms with E-state index in [0.29, 0.717) is 0 Å². The third kappa shape index (κ3) is 2.59. The fourth-order valence-corrected chi connectivity index (χ4v) is 6.06. The minimum atomic E-state index is 0.124. The molecule has 0 bridgehead atoms. The molecule has 130 valence electrons. The Kier molecular flexibility index (Phi) is 3.75. The third-order valence-electron chi connectivity index (χ3n) is 5.50. The molecule has 0 aliphatic carbocycles. The van der Waals surface area contributed by atoms with E-state index >= 15 is 0 Å². The number of fused-ring (bicyclic) bond motifs is 3. The van der Waals surface area contributed by atoms with Gasteiger partial charge >= 0.3 is 154 Å². The fourth-order valence-electron chi connectivity index (χ4n) is 3.72. The van der Waals surface area contributed by atoms with E-state index in [2.05, 4.69) is 48.9 Å². The molecule has 0 unspecified atom stereocenters. The fraction of sp³-hybridized carbons (Fsp3) is 0.381. The van der Waals surface area contributed by atoms with Gasteiger partial charge in [0.15, 0.2) is 0 Å². The average molecular weight is 399 g/mol. The van der Waals surface area contributed by atoms with Crippen molar-refractivity contribution < 1.29 is 0 Å². The first kappa shape index (κ1) is 16.7. The topological polar surface area (TPSA) is 23.6 Å². The summed E-state index contributed by atoms with van der Waals surface area (Å²) in [7, 11) is 6.25. The summed E-state index contributed by atoms with van der Waals surface area (Å²) in [5.41, 5.74) is 4.09. The molecule has 0 saturated carbocycles. The van der Waals surface area contributed by atoms with Crippen molar-refractivity contribution in [3.05, 3.63) is 46.1 Å². The summed E-state index contributed by atoms with van der Waals surface area (Å²) >= 11 is 0.169. The molecule has 1 aliphatic rings. The van der Waals surface area contributed by atoms with Crippen LogP contribution in [0, 0.1) is 0 Å². The Morgan fingerprint density at radius 1 is 1.08 bits per heavy atom. The number of rotatable bonds is 1. The van der Waals surface area contributed by atoms with E-state index in [4.69, 9.17) is 0 Å². The van der Waals surface area contributed by atoms with Crippen LogP contribution in [-0.4, -0.2) is 42.2 Å². The SMILES string of the molecule is CN(C)c1ccc2c(=O)c3cc4c(cc3[se]c2c1)N(C)CCC4(C)C. The Morgan fingerprint density at radius 3 is 2.52 bits per heavy atom. The Balaban J connectivity index is 2.07. The average Bonchev–Trinajstić information content (AvgIpc) is 2.57. The van der Waals surface area contributed by atoms with Gasteiger partial charge in [-0.05, 0) is 0 Å². The quantitative estimate of drug-likeness (QED) is 0.462. The Bertz CT molecular complexity index is 1050. The summed E-state index contributed by atoms with van der Waals surface area (Å²) in [6.07, 6.45) is 1.12. The van der Waals surface area contributed by atoms with E-state index in [9.17, 15) is 4.79 Å². The summed E-state index contributed by atoms with van der Waals surface area (Å²) < 4.78 is 2.43. The van der Waals surface area contributed by atoms with Gasteiger partial charge < -0.3 is 0 Å². The molecule has 3 nitrogen and oxygen atoms in total. The molecule has 4 rings (SSSR count). The van der Waals surface area contributed by atoms with Gasteiger partial charge in [-0.2, -0.15) is 0 Å². The molecular formula is C21H24N2OSe. The maximum atomic E-state index is 13.2. The van der Waals surface area contributed by atoms with Crippen LogP contribution in [0.1, 0.15) is 25.8 Å². The minimum absolute atomic E-state index is 0.124. The molecule has 25 heavy (non-hydrogen) atoms. The molecule has 1 aliphatic heterocycles. The van der Waals surface area contributed by atoms with Crippen molar-refractivity contribution in [2.75, 3.05) is 37.5 Å². The van der Waals surface area contributed by atoms with E-state index in [-0.39, 0.29) is 25.3 Å². The van der Waals surface area contributed by atoms with Gasteiger partial charge in [0.25, 0.3) is 0 Å². The number of anilines is 2. The van der Waals surface area contributed by atoms with Gasteiger partial charge in [0, 0.05) is 0 Å². The predicted octanol–water partition coefficient (Wildman–Crippen LogP) is 3.59. The van der Waals surface area contributed by atoms with Crippen LogP contribution in [0.25, 0.3) is 19.3 Å². The van der Waals surface area contributed by atoms with Crippen molar-refractivity contribution in [3.63, 3.8) is 0 Å². The number of hydrogen-bond donors (Lipinski definition) is 0. The molecule has 4 heteroatoms. The van der Waals surface area contributed by atoms with E-state index in [1.807, 2.05) is 26.2 Å². The van der Waals surface area contributed by atoms with Gasteiger partial charge in [-0.15, -0.1) is 0 Å². The van der Waals surface area contributed by atoms with Crippen LogP contribution in [0.3, 0.4) is 0 Å². The maximum absolute atomic E-state index is 13.2. The van der Waals surface area contributed by atoms with Gasteiger partial charge in [0.05, 0.1) is 0 Å². The molecule has 0 spiro atoms. The number of nitrogens with zero attached hydrogens (tertiary/aromatic N) is 2. The summed E-state index contributed by atoms with van der Waals surface area (Å²) in [5, 5.41) is 1.81. The first-order valence-electron chi connectivity index (χ1n) is 8.71. The molecule has 2 heterocycles. The van der Waals surface area contributed by atoms with Crippen LogP contribution < -0.4 is 15.2 Å². The van der Waals surface area contributed by atoms with Crippen molar-refractivity contribution >= 4 is 45.2 Å². The zero-order valence-corrected chi connectivity index (χ0v) is 17.2. The molecule has 0 fully saturated rings. The second-order valence-corrected chi connectivity index (χ2v) is 10.2. The zero-order chi connectivity index (χ0) is 17.9. The van der Waals surface area contributed by atoms with Crippen LogP contribution in [0.15, 0.2) is 35.1 Å². The van der Waals surface area contributed by atoms with Crippen molar-refractivity contribution in [2.45, 2.75) is 25.7 Å². The summed E-state index contributed by atoms with van der Waals surface area (Å²) in [6, 6.07) is 10.7. The molecular weight excluding hydrogens is 375 g/mol. The van der Waals surface area contributed by atoms with Gasteiger partial charge in [-0.3, -0.25) is 0 Å². The predicted molar refractivity (Wildman–Crippen MR) is 110 cm³/mol. The van der Waals surface area contributed by atoms with E-state index < -0.39 is 0 Å². The van der Waals surface area contributed by atoms with Crippen LogP contribution in [0.5, 0.6) is 0 Å². The molecule has 0 radical (unpaired) electrons. The van der Waals surface area contributed by atoms with E-state index in [1.165, 1.54) is 19.8 Å². The van der Waals surface area contributed by atoms with Gasteiger partial charge in [0.2, 0.25) is 0 Å². The van der Waals surface area contributed by atoms with Crippen molar-refractivity contribution in [1.29, 1.82) is 0 Å². The summed E-state index contributed by atoms with van der Waals surface area (Å²) in [4.78, 5) is 17.6. The summed E-state index contributed by atoms with van der Waals surface area (Å²) in [5.74, 6) is 0. The van der Waals surface area contributed by atoms with Gasteiger partial charge in [-0.1, -0.05) is 0 Å². The van der Waals surface area contributed by atoms with Crippen LogP contribution >= 0.6 is 0 Å². The molecule has 0 amide bonds. The van der Waals surface area contributed by atoms with Crippen LogP contribution in [-0.2, 0) is 5.41 Å². The summed E-state index contributed by atoms with van der Waals surface area (Å²) in [6.45, 7) is 5.66. The molecule has 2 aromatic carbocycles. The Hall–Kier alpha value is -1.77. The van der Waals surface area contributed by atoms with Gasteiger partial charge in [0.1, 0.15) is 0 Å². The Morgan fingerprint density at radius 2 is 1.80 bits per heavy atom. The zero-order valence-electron chi connectivity index (χ0n) is 15.5. The first-order chi connectivity index (χ1) is 11.8.